The van der Waals surface area contributed by atoms with Gasteiger partial charge in [0.2, 0.25) is 0 Å². The van der Waals surface area contributed by atoms with Crippen molar-refractivity contribution in [2.75, 3.05) is 13.2 Å². The van der Waals surface area contributed by atoms with E-state index in [1.807, 2.05) is 0 Å². The van der Waals surface area contributed by atoms with Crippen LogP contribution in [0.1, 0.15) is 5.56 Å². The Labute approximate surface area is 209 Å². The molecule has 0 spiro atoms. The first-order valence-electron chi connectivity index (χ1n) is 10.5. The van der Waals surface area contributed by atoms with Crippen LogP contribution in [0.15, 0.2) is 30.3 Å². The van der Waals surface area contributed by atoms with Crippen LogP contribution in [0, 0.1) is 0 Å². The molecule has 212 valence electrons. The quantitative estimate of drug-likeness (QED) is 0.135. The van der Waals surface area contributed by atoms with Crippen LogP contribution in [0.5, 0.6) is 0 Å². The van der Waals surface area contributed by atoms with E-state index in [-0.39, 0.29) is 13.0 Å². The van der Waals surface area contributed by atoms with Crippen LogP contribution in [-0.4, -0.2) is 102 Å². The Kier molecular flexibility index (Phi) is 10.2. The number of benzene rings is 1. The molecule has 0 saturated carbocycles. The molecule has 0 radical (unpaired) electrons. The van der Waals surface area contributed by atoms with Gasteiger partial charge in [0.1, 0.15) is 36.6 Å². The fourth-order valence-electron chi connectivity index (χ4n) is 3.98. The predicted molar refractivity (Wildman–Crippen MR) is 117 cm³/mol. The van der Waals surface area contributed by atoms with E-state index in [0.717, 1.165) is 5.56 Å². The van der Waals surface area contributed by atoms with Crippen LogP contribution in [0.2, 0.25) is 0 Å². The van der Waals surface area contributed by atoms with Gasteiger partial charge in [-0.1, -0.05) is 30.3 Å². The topological polar surface area (TPSA) is 268 Å². The number of hydrogen-bond donors (Lipinski definition) is 8. The second kappa shape index (κ2) is 12.3. The lowest BCUT2D eigenvalue weighted by Gasteiger charge is -2.44. The summed E-state index contributed by atoms with van der Waals surface area (Å²) in [6, 6.07) is 8.69. The predicted octanol–water partition coefficient (Wildman–Crippen LogP) is -1.48. The monoisotopic (exact) mass is 596 g/mol. The molecule has 8 N–H and O–H groups in total. The zero-order valence-electron chi connectivity index (χ0n) is 18.7. The van der Waals surface area contributed by atoms with E-state index in [1.54, 1.807) is 30.3 Å². The molecular weight excluding hydrogens is 569 g/mol. The first-order chi connectivity index (χ1) is 17.1. The van der Waals surface area contributed by atoms with Gasteiger partial charge in [0.25, 0.3) is 0 Å². The summed E-state index contributed by atoms with van der Waals surface area (Å²) in [5, 5.41) is 20.5. The molecule has 0 unspecified atom stereocenters. The minimum Gasteiger partial charge on any atom is -0.394 e. The van der Waals surface area contributed by atoms with E-state index >= 15 is 0 Å². The number of aliphatic hydroxyl groups is 2. The van der Waals surface area contributed by atoms with Gasteiger partial charge in [-0.05, 0) is 5.56 Å². The minimum absolute atomic E-state index is 0.144. The lowest BCUT2D eigenvalue weighted by Crippen LogP contribution is -2.61. The molecule has 37 heavy (non-hydrogen) atoms. The highest BCUT2D eigenvalue weighted by atomic mass is 31.2. The fraction of sp³-hybridized carbons (Fsp3) is 0.647. The first-order valence-corrected chi connectivity index (χ1v) is 15.1. The molecule has 2 fully saturated rings. The second-order valence-corrected chi connectivity index (χ2v) is 11.7. The largest absolute Gasteiger partial charge is 0.470 e. The molecular formula is C17H27O17P3. The lowest BCUT2D eigenvalue weighted by molar-refractivity contribution is -0.312. The molecule has 17 nitrogen and oxygen atoms in total. The summed E-state index contributed by atoms with van der Waals surface area (Å²) in [6.45, 7) is -1.39. The molecule has 0 bridgehead atoms. The van der Waals surface area contributed by atoms with E-state index in [1.165, 1.54) is 0 Å². The molecule has 0 aliphatic carbocycles. The Morgan fingerprint density at radius 1 is 0.811 bits per heavy atom. The summed E-state index contributed by atoms with van der Waals surface area (Å²) >= 11 is 0. The van der Waals surface area contributed by atoms with Crippen LogP contribution >= 0.6 is 23.5 Å². The minimum atomic E-state index is -5.41. The standard InChI is InChI=1S/C17H27O17P3/c18-7-11-15(33-36(23,24)25)16(34-37(26,27)28)13(19)17(30-11)31-14-10(6-9-4-2-1-3-5-9)29-8-12(14)32-35(20,21)22/h1-5,10-19H,6-8H2,(H2,20,21,22)(H2,23,24,25)(H2,26,27,28)/t10-,11-,12+,13-,14-,15-,16-,17-/m1/s1. The molecule has 3 rings (SSSR count). The van der Waals surface area contributed by atoms with Gasteiger partial charge in [0.15, 0.2) is 6.29 Å². The second-order valence-electron chi connectivity index (χ2n) is 8.13. The van der Waals surface area contributed by atoms with E-state index < -0.39 is 79.1 Å². The maximum absolute atomic E-state index is 11.5. The van der Waals surface area contributed by atoms with Crippen LogP contribution in [0.25, 0.3) is 0 Å². The van der Waals surface area contributed by atoms with Gasteiger partial charge >= 0.3 is 23.5 Å². The van der Waals surface area contributed by atoms with Gasteiger partial charge in [-0.25, -0.2) is 13.7 Å². The summed E-state index contributed by atoms with van der Waals surface area (Å²) in [5.41, 5.74) is 0.731. The number of hydrogen-bond acceptors (Lipinski definition) is 11. The SMILES string of the molecule is O=P(O)(O)O[C@@H]1[C@@H](O)[C@@H](O[C@H]2[C@@H](OP(=O)(O)O)CO[C@@H]2Cc2ccccc2)O[C@H](CO)[C@H]1OP(=O)(O)O. The Hall–Kier alpha value is -0.650. The number of aliphatic hydroxyl groups excluding tert-OH is 2. The molecule has 0 amide bonds. The molecule has 2 aliphatic heterocycles. The smallest absolute Gasteiger partial charge is 0.394 e. The third-order valence-electron chi connectivity index (χ3n) is 5.36. The molecule has 2 aliphatic rings. The van der Waals surface area contributed by atoms with Crippen molar-refractivity contribution >= 4 is 23.5 Å². The van der Waals surface area contributed by atoms with E-state index in [9.17, 15) is 53.3 Å². The van der Waals surface area contributed by atoms with E-state index in [2.05, 4.69) is 9.05 Å². The Morgan fingerprint density at radius 2 is 1.38 bits per heavy atom. The van der Waals surface area contributed by atoms with Gasteiger partial charge in [-0.3, -0.25) is 13.6 Å². The van der Waals surface area contributed by atoms with Crippen molar-refractivity contribution in [1.82, 2.24) is 0 Å². The van der Waals surface area contributed by atoms with Gasteiger partial charge in [-0.15, -0.1) is 0 Å². The molecule has 2 heterocycles. The molecule has 8 atom stereocenters. The Bertz CT molecular complexity index is 1020. The summed E-state index contributed by atoms with van der Waals surface area (Å²) in [7, 11) is -15.8. The summed E-state index contributed by atoms with van der Waals surface area (Å²) in [4.78, 5) is 55.5. The number of phosphoric ester groups is 3. The maximum atomic E-state index is 11.5. The third-order valence-corrected chi connectivity index (χ3v) is 6.95. The van der Waals surface area contributed by atoms with Gasteiger partial charge in [-0.2, -0.15) is 0 Å². The number of ether oxygens (including phenoxy) is 3. The highest BCUT2D eigenvalue weighted by Gasteiger charge is 2.54. The van der Waals surface area contributed by atoms with Crippen molar-refractivity contribution < 1.29 is 81.1 Å². The summed E-state index contributed by atoms with van der Waals surface area (Å²) < 4.78 is 64.8. The first kappa shape index (κ1) is 30.9. The lowest BCUT2D eigenvalue weighted by atomic mass is 9.98. The van der Waals surface area contributed by atoms with Gasteiger partial charge in [0.05, 0.1) is 19.3 Å². The van der Waals surface area contributed by atoms with E-state index in [4.69, 9.17) is 18.7 Å². The van der Waals surface area contributed by atoms with Crippen LogP contribution in [0.3, 0.4) is 0 Å². The summed E-state index contributed by atoms with van der Waals surface area (Å²) in [5.74, 6) is 0. The molecule has 0 aromatic heterocycles. The van der Waals surface area contributed by atoms with Crippen LogP contribution in [-0.2, 0) is 47.9 Å². The maximum Gasteiger partial charge on any atom is 0.470 e. The average Bonchev–Trinajstić information content (AvgIpc) is 3.11. The third kappa shape index (κ3) is 9.21. The van der Waals surface area contributed by atoms with Crippen molar-refractivity contribution in [3.8, 4) is 0 Å². The van der Waals surface area contributed by atoms with Crippen molar-refractivity contribution in [3.05, 3.63) is 35.9 Å². The Balaban J connectivity index is 1.89. The summed E-state index contributed by atoms with van der Waals surface area (Å²) in [6.07, 6.45) is -13.6. The van der Waals surface area contributed by atoms with Gasteiger partial charge in [0, 0.05) is 6.42 Å². The van der Waals surface area contributed by atoms with Crippen molar-refractivity contribution in [2.24, 2.45) is 0 Å². The number of phosphoric acid groups is 3. The number of rotatable bonds is 11. The highest BCUT2D eigenvalue weighted by Crippen LogP contribution is 2.47. The van der Waals surface area contributed by atoms with Crippen LogP contribution < -0.4 is 0 Å². The van der Waals surface area contributed by atoms with Crippen molar-refractivity contribution in [3.63, 3.8) is 0 Å². The molecule has 2 saturated heterocycles. The molecule has 20 heteroatoms. The van der Waals surface area contributed by atoms with Crippen molar-refractivity contribution in [1.29, 1.82) is 0 Å². The van der Waals surface area contributed by atoms with E-state index in [0.29, 0.717) is 0 Å². The highest BCUT2D eigenvalue weighted by molar-refractivity contribution is 7.46. The van der Waals surface area contributed by atoms with Gasteiger partial charge < -0.3 is 53.8 Å². The Morgan fingerprint density at radius 3 is 1.92 bits per heavy atom. The van der Waals surface area contributed by atoms with Crippen LogP contribution in [0.4, 0.5) is 0 Å². The van der Waals surface area contributed by atoms with Crippen molar-refractivity contribution in [2.45, 2.75) is 55.4 Å². The fourth-order valence-corrected chi connectivity index (χ4v) is 5.65. The molecule has 1 aromatic carbocycles. The average molecular weight is 596 g/mol. The zero-order valence-corrected chi connectivity index (χ0v) is 21.4. The normalized spacial score (nSPS) is 33.5. The molecule has 1 aromatic rings. The zero-order chi connectivity index (χ0) is 27.6.